The fraction of sp³-hybridized carbons (Fsp3) is 0.273. The third-order valence-corrected chi connectivity index (χ3v) is 4.26. The minimum atomic E-state index is -0.0874. The first kappa shape index (κ1) is 17.2. The molecular formula is C22H24N2O. The summed E-state index contributed by atoms with van der Waals surface area (Å²) in [4.78, 5) is 17.7. The van der Waals surface area contributed by atoms with E-state index in [1.807, 2.05) is 56.3 Å². The van der Waals surface area contributed by atoms with Gasteiger partial charge in [0, 0.05) is 16.8 Å². The van der Waals surface area contributed by atoms with E-state index in [9.17, 15) is 4.79 Å². The lowest BCUT2D eigenvalue weighted by atomic mass is 10.0. The van der Waals surface area contributed by atoms with E-state index < -0.39 is 0 Å². The summed E-state index contributed by atoms with van der Waals surface area (Å²) in [5, 5.41) is 3.95. The number of rotatable bonds is 4. The van der Waals surface area contributed by atoms with Gasteiger partial charge in [0.15, 0.2) is 0 Å². The SMILES string of the molecule is Cc1ccc(NC(=O)c2cc(CC(C)C)nc3ccccc23)c(C)c1. The fourth-order valence-corrected chi connectivity index (χ4v) is 3.08. The molecular weight excluding hydrogens is 308 g/mol. The molecule has 1 amide bonds. The molecule has 0 radical (unpaired) electrons. The number of pyridine rings is 1. The lowest BCUT2D eigenvalue weighted by molar-refractivity contribution is 0.102. The fourth-order valence-electron chi connectivity index (χ4n) is 3.08. The smallest absolute Gasteiger partial charge is 0.256 e. The van der Waals surface area contributed by atoms with Gasteiger partial charge in [-0.1, -0.05) is 49.7 Å². The standard InChI is InChI=1S/C22H24N2O/c1-14(2)11-17-13-19(18-7-5-6-8-21(18)23-17)22(25)24-20-10-9-15(3)12-16(20)4/h5-10,12-14H,11H2,1-4H3,(H,24,25). The van der Waals surface area contributed by atoms with Crippen molar-refractivity contribution in [1.29, 1.82) is 0 Å². The van der Waals surface area contributed by atoms with Crippen molar-refractivity contribution in [3.63, 3.8) is 0 Å². The predicted octanol–water partition coefficient (Wildman–Crippen LogP) is 5.30. The van der Waals surface area contributed by atoms with E-state index in [0.29, 0.717) is 11.5 Å². The van der Waals surface area contributed by atoms with Crippen LogP contribution in [0.5, 0.6) is 0 Å². The first-order valence-corrected chi connectivity index (χ1v) is 8.71. The van der Waals surface area contributed by atoms with Crippen molar-refractivity contribution < 1.29 is 4.79 Å². The molecule has 0 aliphatic heterocycles. The molecule has 1 heterocycles. The van der Waals surface area contributed by atoms with Crippen LogP contribution in [0.4, 0.5) is 5.69 Å². The molecule has 128 valence electrons. The van der Waals surface area contributed by atoms with Crippen molar-refractivity contribution in [1.82, 2.24) is 4.98 Å². The van der Waals surface area contributed by atoms with E-state index in [2.05, 4.69) is 25.2 Å². The van der Waals surface area contributed by atoms with Crippen LogP contribution in [0.1, 0.15) is 41.0 Å². The maximum absolute atomic E-state index is 13.0. The van der Waals surface area contributed by atoms with Gasteiger partial charge in [0.25, 0.3) is 5.91 Å². The monoisotopic (exact) mass is 332 g/mol. The summed E-state index contributed by atoms with van der Waals surface area (Å²) in [6.45, 7) is 8.38. The van der Waals surface area contributed by atoms with E-state index in [1.54, 1.807) is 0 Å². The number of benzene rings is 2. The Bertz CT molecular complexity index is 928. The molecule has 3 nitrogen and oxygen atoms in total. The average Bonchev–Trinajstić information content (AvgIpc) is 2.56. The van der Waals surface area contributed by atoms with Gasteiger partial charge in [0.2, 0.25) is 0 Å². The van der Waals surface area contributed by atoms with Crippen LogP contribution >= 0.6 is 0 Å². The van der Waals surface area contributed by atoms with Crippen LogP contribution in [-0.4, -0.2) is 10.9 Å². The third-order valence-electron chi connectivity index (χ3n) is 4.26. The van der Waals surface area contributed by atoms with E-state index in [1.165, 1.54) is 5.56 Å². The Balaban J connectivity index is 2.02. The Labute approximate surface area is 149 Å². The summed E-state index contributed by atoms with van der Waals surface area (Å²) >= 11 is 0. The van der Waals surface area contributed by atoms with Crippen LogP contribution in [0.25, 0.3) is 10.9 Å². The van der Waals surface area contributed by atoms with E-state index in [4.69, 9.17) is 4.98 Å². The highest BCUT2D eigenvalue weighted by Crippen LogP contribution is 2.23. The van der Waals surface area contributed by atoms with Crippen molar-refractivity contribution in [2.24, 2.45) is 5.92 Å². The molecule has 0 saturated carbocycles. The number of carbonyl (C=O) groups excluding carboxylic acids is 1. The number of hydrogen-bond donors (Lipinski definition) is 1. The highest BCUT2D eigenvalue weighted by atomic mass is 16.1. The number of nitrogens with one attached hydrogen (secondary N) is 1. The van der Waals surface area contributed by atoms with Gasteiger partial charge < -0.3 is 5.32 Å². The zero-order valence-electron chi connectivity index (χ0n) is 15.3. The van der Waals surface area contributed by atoms with E-state index in [0.717, 1.165) is 34.3 Å². The molecule has 2 aromatic carbocycles. The van der Waals surface area contributed by atoms with Crippen LogP contribution in [-0.2, 0) is 6.42 Å². The summed E-state index contributed by atoms with van der Waals surface area (Å²) in [5.41, 5.74) is 5.60. The van der Waals surface area contributed by atoms with Gasteiger partial charge in [0.1, 0.15) is 0 Å². The predicted molar refractivity (Wildman–Crippen MR) is 104 cm³/mol. The molecule has 3 rings (SSSR count). The normalized spacial score (nSPS) is 11.1. The third kappa shape index (κ3) is 3.87. The molecule has 0 aliphatic rings. The van der Waals surface area contributed by atoms with Crippen molar-refractivity contribution in [3.8, 4) is 0 Å². The van der Waals surface area contributed by atoms with Gasteiger partial charge in [0.05, 0.1) is 11.1 Å². The second-order valence-corrected chi connectivity index (χ2v) is 7.05. The molecule has 25 heavy (non-hydrogen) atoms. The zero-order chi connectivity index (χ0) is 18.0. The molecule has 0 atom stereocenters. The second-order valence-electron chi connectivity index (χ2n) is 7.05. The molecule has 0 spiro atoms. The Kier molecular flexibility index (Phi) is 4.84. The van der Waals surface area contributed by atoms with Gasteiger partial charge in [-0.2, -0.15) is 0 Å². The summed E-state index contributed by atoms with van der Waals surface area (Å²) in [6, 6.07) is 15.8. The summed E-state index contributed by atoms with van der Waals surface area (Å²) in [6.07, 6.45) is 0.856. The van der Waals surface area contributed by atoms with Crippen molar-refractivity contribution >= 4 is 22.5 Å². The maximum atomic E-state index is 13.0. The number of carbonyl (C=O) groups is 1. The number of aromatic nitrogens is 1. The minimum Gasteiger partial charge on any atom is -0.322 e. The van der Waals surface area contributed by atoms with Crippen LogP contribution in [0.2, 0.25) is 0 Å². The largest absolute Gasteiger partial charge is 0.322 e. The van der Waals surface area contributed by atoms with Crippen molar-refractivity contribution in [2.45, 2.75) is 34.1 Å². The molecule has 0 bridgehead atoms. The molecule has 0 unspecified atom stereocenters. The summed E-state index contributed by atoms with van der Waals surface area (Å²) < 4.78 is 0. The minimum absolute atomic E-state index is 0.0874. The molecule has 3 heteroatoms. The molecule has 0 aliphatic carbocycles. The van der Waals surface area contributed by atoms with Crippen LogP contribution in [0, 0.1) is 19.8 Å². The lowest BCUT2D eigenvalue weighted by Gasteiger charge is -2.13. The van der Waals surface area contributed by atoms with E-state index in [-0.39, 0.29) is 5.91 Å². The Morgan fingerprint density at radius 1 is 1.08 bits per heavy atom. The van der Waals surface area contributed by atoms with Crippen LogP contribution in [0.15, 0.2) is 48.5 Å². The molecule has 0 fully saturated rings. The number of amides is 1. The first-order chi connectivity index (χ1) is 11.9. The number of nitrogens with zero attached hydrogens (tertiary/aromatic N) is 1. The molecule has 3 aromatic rings. The second kappa shape index (κ2) is 7.06. The molecule has 0 saturated heterocycles. The molecule has 1 aromatic heterocycles. The van der Waals surface area contributed by atoms with Gasteiger partial charge in [-0.05, 0) is 49.9 Å². The Hall–Kier alpha value is -2.68. The average molecular weight is 332 g/mol. The lowest BCUT2D eigenvalue weighted by Crippen LogP contribution is -2.14. The number of fused-ring (bicyclic) bond motifs is 1. The van der Waals surface area contributed by atoms with Gasteiger partial charge in [-0.15, -0.1) is 0 Å². The highest BCUT2D eigenvalue weighted by molar-refractivity contribution is 6.12. The topological polar surface area (TPSA) is 42.0 Å². The highest BCUT2D eigenvalue weighted by Gasteiger charge is 2.14. The van der Waals surface area contributed by atoms with Gasteiger partial charge in [-0.3, -0.25) is 9.78 Å². The zero-order valence-corrected chi connectivity index (χ0v) is 15.3. The quantitative estimate of drug-likeness (QED) is 0.704. The van der Waals surface area contributed by atoms with Crippen LogP contribution < -0.4 is 5.32 Å². The Morgan fingerprint density at radius 2 is 1.84 bits per heavy atom. The van der Waals surface area contributed by atoms with Crippen molar-refractivity contribution in [3.05, 3.63) is 70.9 Å². The van der Waals surface area contributed by atoms with E-state index >= 15 is 0 Å². The first-order valence-electron chi connectivity index (χ1n) is 8.71. The molecule has 1 N–H and O–H groups in total. The van der Waals surface area contributed by atoms with Gasteiger partial charge in [-0.25, -0.2) is 0 Å². The summed E-state index contributed by atoms with van der Waals surface area (Å²) in [7, 11) is 0. The van der Waals surface area contributed by atoms with Gasteiger partial charge >= 0.3 is 0 Å². The summed E-state index contributed by atoms with van der Waals surface area (Å²) in [5.74, 6) is 0.402. The number of anilines is 1. The maximum Gasteiger partial charge on any atom is 0.256 e. The Morgan fingerprint density at radius 3 is 2.56 bits per heavy atom. The van der Waals surface area contributed by atoms with Crippen molar-refractivity contribution in [2.75, 3.05) is 5.32 Å². The number of hydrogen-bond acceptors (Lipinski definition) is 2. The number of aryl methyl sites for hydroxylation is 2. The van der Waals surface area contributed by atoms with Crippen LogP contribution in [0.3, 0.4) is 0 Å². The number of para-hydroxylation sites is 1.